The average Bonchev–Trinajstić information content (AvgIpc) is 2.39. The molecule has 1 aromatic rings. The van der Waals surface area contributed by atoms with Crippen LogP contribution < -0.4 is 10.6 Å². The molecule has 0 radical (unpaired) electrons. The topological polar surface area (TPSA) is 50.4 Å². The van der Waals surface area contributed by atoms with E-state index in [0.29, 0.717) is 13.0 Å². The molecule has 1 atom stereocenters. The number of carbonyl (C=O) groups is 1. The third-order valence-corrected chi connectivity index (χ3v) is 3.96. The van der Waals surface area contributed by atoms with Crippen LogP contribution in [0.2, 0.25) is 0 Å². The Morgan fingerprint density at radius 1 is 1.45 bits per heavy atom. The van der Waals surface area contributed by atoms with Crippen molar-refractivity contribution in [3.05, 3.63) is 34.3 Å². The van der Waals surface area contributed by atoms with Crippen LogP contribution in [-0.4, -0.2) is 31.7 Å². The molecule has 4 nitrogen and oxygen atoms in total. The highest BCUT2D eigenvalue weighted by atomic mass is 79.9. The first kappa shape index (κ1) is 15.5. The summed E-state index contributed by atoms with van der Waals surface area (Å²) in [6.45, 7) is 6.30. The molecule has 1 aromatic carbocycles. The zero-order chi connectivity index (χ0) is 14.6. The third-order valence-electron chi connectivity index (χ3n) is 3.44. The third kappa shape index (κ3) is 4.30. The second-order valence-electron chi connectivity index (χ2n) is 5.58. The van der Waals surface area contributed by atoms with E-state index in [9.17, 15) is 4.79 Å². The van der Waals surface area contributed by atoms with Crippen LogP contribution in [0.25, 0.3) is 0 Å². The van der Waals surface area contributed by atoms with Gasteiger partial charge in [0.25, 0.3) is 0 Å². The first-order chi connectivity index (χ1) is 9.47. The van der Waals surface area contributed by atoms with Gasteiger partial charge in [-0.25, -0.2) is 0 Å². The predicted molar refractivity (Wildman–Crippen MR) is 82.5 cm³/mol. The van der Waals surface area contributed by atoms with Gasteiger partial charge in [0.05, 0.1) is 24.7 Å². The van der Waals surface area contributed by atoms with Crippen molar-refractivity contribution in [3.8, 4) is 0 Å². The van der Waals surface area contributed by atoms with Gasteiger partial charge in [-0.05, 0) is 31.5 Å². The van der Waals surface area contributed by atoms with Crippen LogP contribution in [-0.2, 0) is 15.1 Å². The number of hydrogen-bond acceptors (Lipinski definition) is 3. The number of morpholine rings is 1. The van der Waals surface area contributed by atoms with Crippen molar-refractivity contribution in [2.75, 3.05) is 19.7 Å². The summed E-state index contributed by atoms with van der Waals surface area (Å²) in [6.07, 6.45) is 0.372. The Bertz CT molecular complexity index is 453. The van der Waals surface area contributed by atoms with Gasteiger partial charge in [-0.2, -0.15) is 0 Å². The van der Waals surface area contributed by atoms with Crippen LogP contribution in [0, 0.1) is 0 Å². The fourth-order valence-electron chi connectivity index (χ4n) is 2.30. The fraction of sp³-hybridized carbons (Fsp3) is 0.533. The van der Waals surface area contributed by atoms with Gasteiger partial charge in [-0.3, -0.25) is 4.79 Å². The van der Waals surface area contributed by atoms with Gasteiger partial charge in [-0.1, -0.05) is 28.1 Å². The van der Waals surface area contributed by atoms with E-state index in [2.05, 4.69) is 26.6 Å². The normalized spacial score (nSPS) is 19.6. The molecule has 0 unspecified atom stereocenters. The number of hydrogen-bond donors (Lipinski definition) is 2. The molecular formula is C15H21BrN2O2. The van der Waals surface area contributed by atoms with Crippen molar-refractivity contribution in [3.63, 3.8) is 0 Å². The maximum absolute atomic E-state index is 12.1. The van der Waals surface area contributed by atoms with E-state index in [1.54, 1.807) is 0 Å². The van der Waals surface area contributed by atoms with Crippen molar-refractivity contribution in [1.82, 2.24) is 10.6 Å². The monoisotopic (exact) mass is 340 g/mol. The molecule has 0 aliphatic carbocycles. The number of nitrogens with one attached hydrogen (secondary N) is 2. The molecule has 0 bridgehead atoms. The summed E-state index contributed by atoms with van der Waals surface area (Å²) in [5, 5.41) is 6.31. The lowest BCUT2D eigenvalue weighted by molar-refractivity contribution is -0.126. The van der Waals surface area contributed by atoms with Crippen LogP contribution >= 0.6 is 15.9 Å². The van der Waals surface area contributed by atoms with Crippen LogP contribution in [0.15, 0.2) is 28.7 Å². The number of amides is 1. The molecule has 1 saturated heterocycles. The Balaban J connectivity index is 1.93. The van der Waals surface area contributed by atoms with Gasteiger partial charge < -0.3 is 15.4 Å². The maximum atomic E-state index is 12.1. The smallest absolute Gasteiger partial charge is 0.223 e. The highest BCUT2D eigenvalue weighted by Crippen LogP contribution is 2.22. The Hall–Kier alpha value is -0.910. The molecule has 2 rings (SSSR count). The molecule has 1 aliphatic rings. The fourth-order valence-corrected chi connectivity index (χ4v) is 2.56. The molecule has 1 amide bonds. The highest BCUT2D eigenvalue weighted by molar-refractivity contribution is 9.10. The molecule has 0 spiro atoms. The van der Waals surface area contributed by atoms with Crippen LogP contribution in [0.3, 0.4) is 0 Å². The summed E-state index contributed by atoms with van der Waals surface area (Å²) in [5.41, 5.74) is 0.691. The Kier molecular flexibility index (Phi) is 5.18. The van der Waals surface area contributed by atoms with Crippen molar-refractivity contribution in [2.24, 2.45) is 0 Å². The van der Waals surface area contributed by atoms with Crippen molar-refractivity contribution in [1.29, 1.82) is 0 Å². The van der Waals surface area contributed by atoms with Crippen LogP contribution in [0.5, 0.6) is 0 Å². The zero-order valence-electron chi connectivity index (χ0n) is 11.9. The summed E-state index contributed by atoms with van der Waals surface area (Å²) in [5.74, 6) is 0.0200. The molecule has 0 aromatic heterocycles. The molecular weight excluding hydrogens is 320 g/mol. The van der Waals surface area contributed by atoms with Crippen molar-refractivity contribution in [2.45, 2.75) is 31.9 Å². The molecule has 20 heavy (non-hydrogen) atoms. The summed E-state index contributed by atoms with van der Waals surface area (Å²) >= 11 is 3.42. The molecule has 1 heterocycles. The molecule has 110 valence electrons. The Morgan fingerprint density at radius 2 is 2.15 bits per heavy atom. The minimum absolute atomic E-state index is 0.0200. The van der Waals surface area contributed by atoms with Crippen molar-refractivity contribution < 1.29 is 9.53 Å². The van der Waals surface area contributed by atoms with E-state index in [1.165, 1.54) is 0 Å². The molecule has 2 N–H and O–H groups in total. The second kappa shape index (κ2) is 6.70. The maximum Gasteiger partial charge on any atom is 0.223 e. The lowest BCUT2D eigenvalue weighted by Gasteiger charge is -2.29. The van der Waals surface area contributed by atoms with Gasteiger partial charge in [0.1, 0.15) is 0 Å². The number of ether oxygens (including phenoxy) is 1. The van der Waals surface area contributed by atoms with E-state index in [0.717, 1.165) is 23.1 Å². The Morgan fingerprint density at radius 3 is 2.75 bits per heavy atom. The Labute approximate surface area is 128 Å². The SMILES string of the molecule is CC(C)(NC(=O)C[C@H]1CNCCO1)c1ccc(Br)cc1. The zero-order valence-corrected chi connectivity index (χ0v) is 13.5. The van der Waals surface area contributed by atoms with Gasteiger partial charge in [0, 0.05) is 17.6 Å². The van der Waals surface area contributed by atoms with Crippen LogP contribution in [0.4, 0.5) is 0 Å². The van der Waals surface area contributed by atoms with E-state index >= 15 is 0 Å². The van der Waals surface area contributed by atoms with Gasteiger partial charge in [0.15, 0.2) is 0 Å². The van der Waals surface area contributed by atoms with Gasteiger partial charge in [-0.15, -0.1) is 0 Å². The van der Waals surface area contributed by atoms with Gasteiger partial charge in [0.2, 0.25) is 5.91 Å². The van der Waals surface area contributed by atoms with E-state index in [-0.39, 0.29) is 17.6 Å². The average molecular weight is 341 g/mol. The van der Waals surface area contributed by atoms with Gasteiger partial charge >= 0.3 is 0 Å². The summed E-state index contributed by atoms with van der Waals surface area (Å²) in [4.78, 5) is 12.1. The minimum atomic E-state index is -0.389. The standard InChI is InChI=1S/C15H21BrN2O2/c1-15(2,11-3-5-12(16)6-4-11)18-14(19)9-13-10-17-7-8-20-13/h3-6,13,17H,7-10H2,1-2H3,(H,18,19)/t13-/m0/s1. The quantitative estimate of drug-likeness (QED) is 0.883. The summed E-state index contributed by atoms with van der Waals surface area (Å²) in [6, 6.07) is 8.00. The first-order valence-electron chi connectivity index (χ1n) is 6.87. The number of rotatable bonds is 4. The molecule has 5 heteroatoms. The minimum Gasteiger partial charge on any atom is -0.375 e. The van der Waals surface area contributed by atoms with Crippen LogP contribution in [0.1, 0.15) is 25.8 Å². The first-order valence-corrected chi connectivity index (χ1v) is 7.66. The molecule has 1 aliphatic heterocycles. The summed E-state index contributed by atoms with van der Waals surface area (Å²) < 4.78 is 6.59. The largest absolute Gasteiger partial charge is 0.375 e. The number of benzene rings is 1. The number of halogens is 1. The predicted octanol–water partition coefficient (Wildman–Crippen LogP) is 2.18. The lowest BCUT2D eigenvalue weighted by atomic mass is 9.94. The van der Waals surface area contributed by atoms with Crippen molar-refractivity contribution >= 4 is 21.8 Å². The highest BCUT2D eigenvalue weighted by Gasteiger charge is 2.25. The second-order valence-corrected chi connectivity index (χ2v) is 6.50. The molecule has 1 fully saturated rings. The van der Waals surface area contributed by atoms with E-state index < -0.39 is 0 Å². The van der Waals surface area contributed by atoms with E-state index in [4.69, 9.17) is 4.74 Å². The lowest BCUT2D eigenvalue weighted by Crippen LogP contribution is -2.45. The summed E-state index contributed by atoms with van der Waals surface area (Å²) in [7, 11) is 0. The molecule has 0 saturated carbocycles. The number of carbonyl (C=O) groups excluding carboxylic acids is 1. The van der Waals surface area contributed by atoms with E-state index in [1.807, 2.05) is 38.1 Å².